The van der Waals surface area contributed by atoms with Crippen LogP contribution in [0.5, 0.6) is 11.5 Å². The van der Waals surface area contributed by atoms with E-state index in [1.54, 1.807) is 24.5 Å². The van der Waals surface area contributed by atoms with Crippen LogP contribution >= 0.6 is 0 Å². The minimum atomic E-state index is -3.74. The molecule has 0 atom stereocenters. The van der Waals surface area contributed by atoms with E-state index in [0.29, 0.717) is 24.5 Å². The number of methoxy groups -OCH3 is 2. The van der Waals surface area contributed by atoms with Crippen molar-refractivity contribution in [1.82, 2.24) is 19.5 Å². The minimum absolute atomic E-state index is 0.0974. The summed E-state index contributed by atoms with van der Waals surface area (Å²) in [6.07, 6.45) is 4.04. The van der Waals surface area contributed by atoms with Gasteiger partial charge in [-0.1, -0.05) is 0 Å². The zero-order valence-corrected chi connectivity index (χ0v) is 15.2. The Hall–Kier alpha value is -2.65. The number of rotatable bonds is 4. The first kappa shape index (κ1) is 16.8. The lowest BCUT2D eigenvalue weighted by Gasteiger charge is -2.28. The summed E-state index contributed by atoms with van der Waals surface area (Å²) in [6.45, 7) is 0.631. The highest BCUT2D eigenvalue weighted by atomic mass is 32.2. The lowest BCUT2D eigenvalue weighted by atomic mass is 10.0. The quantitative estimate of drug-likeness (QED) is 0.747. The molecule has 4 rings (SSSR count). The number of aromatic amines is 1. The molecule has 0 saturated carbocycles. The fourth-order valence-corrected chi connectivity index (χ4v) is 4.85. The number of nitrogens with one attached hydrogen (secondary N) is 1. The van der Waals surface area contributed by atoms with Crippen LogP contribution in [-0.2, 0) is 23.0 Å². The van der Waals surface area contributed by atoms with E-state index in [0.717, 1.165) is 22.2 Å². The van der Waals surface area contributed by atoms with Gasteiger partial charge in [0, 0.05) is 30.7 Å². The molecule has 8 nitrogen and oxygen atoms in total. The van der Waals surface area contributed by atoms with Crippen LogP contribution in [0.25, 0.3) is 11.0 Å². The second kappa shape index (κ2) is 6.26. The fourth-order valence-electron chi connectivity index (χ4n) is 3.26. The van der Waals surface area contributed by atoms with Gasteiger partial charge in [0.05, 0.1) is 20.4 Å². The molecule has 0 radical (unpaired) electrons. The van der Waals surface area contributed by atoms with Crippen molar-refractivity contribution in [1.29, 1.82) is 0 Å². The van der Waals surface area contributed by atoms with Gasteiger partial charge in [-0.15, -0.1) is 0 Å². The van der Waals surface area contributed by atoms with Crippen LogP contribution in [0.4, 0.5) is 0 Å². The summed E-state index contributed by atoms with van der Waals surface area (Å²) >= 11 is 0. The van der Waals surface area contributed by atoms with Gasteiger partial charge < -0.3 is 9.47 Å². The van der Waals surface area contributed by atoms with Crippen molar-refractivity contribution in [3.8, 4) is 11.5 Å². The Morgan fingerprint density at radius 2 is 2.04 bits per heavy atom. The number of aromatic nitrogens is 3. The van der Waals surface area contributed by atoms with E-state index in [1.165, 1.54) is 24.6 Å². The largest absolute Gasteiger partial charge is 0.497 e. The molecular formula is C17H18N4O4S. The van der Waals surface area contributed by atoms with E-state index >= 15 is 0 Å². The molecule has 0 bridgehead atoms. The van der Waals surface area contributed by atoms with Crippen LogP contribution < -0.4 is 9.47 Å². The topological polar surface area (TPSA) is 97.4 Å². The number of benzene rings is 1. The highest BCUT2D eigenvalue weighted by molar-refractivity contribution is 7.89. The van der Waals surface area contributed by atoms with Crippen LogP contribution in [0.3, 0.4) is 0 Å². The van der Waals surface area contributed by atoms with E-state index in [4.69, 9.17) is 9.47 Å². The number of hydrogen-bond donors (Lipinski definition) is 1. The lowest BCUT2D eigenvalue weighted by Crippen LogP contribution is -2.36. The van der Waals surface area contributed by atoms with E-state index in [9.17, 15) is 8.42 Å². The summed E-state index contributed by atoms with van der Waals surface area (Å²) in [5.41, 5.74) is 2.69. The van der Waals surface area contributed by atoms with E-state index < -0.39 is 10.0 Å². The molecule has 3 aromatic rings. The summed E-state index contributed by atoms with van der Waals surface area (Å²) in [5.74, 6) is 0.753. The Labute approximate surface area is 150 Å². The molecule has 9 heteroatoms. The second-order valence-corrected chi connectivity index (χ2v) is 7.91. The molecular weight excluding hydrogens is 356 g/mol. The number of ether oxygens (including phenoxy) is 2. The maximum Gasteiger partial charge on any atom is 0.247 e. The van der Waals surface area contributed by atoms with Crippen molar-refractivity contribution < 1.29 is 17.9 Å². The van der Waals surface area contributed by atoms with Crippen LogP contribution in [0, 0.1) is 0 Å². The van der Waals surface area contributed by atoms with Gasteiger partial charge >= 0.3 is 0 Å². The van der Waals surface area contributed by atoms with Crippen molar-refractivity contribution in [2.24, 2.45) is 0 Å². The Morgan fingerprint density at radius 3 is 2.81 bits per heavy atom. The number of nitrogens with zero attached hydrogens (tertiary/aromatic N) is 3. The molecule has 2 aromatic heterocycles. The lowest BCUT2D eigenvalue weighted by molar-refractivity contribution is 0.373. The molecule has 0 saturated heterocycles. The second-order valence-electron chi connectivity index (χ2n) is 6.00. The zero-order chi connectivity index (χ0) is 18.3. The smallest absolute Gasteiger partial charge is 0.247 e. The maximum absolute atomic E-state index is 13.2. The van der Waals surface area contributed by atoms with Gasteiger partial charge in [0.25, 0.3) is 0 Å². The van der Waals surface area contributed by atoms with Crippen LogP contribution in [0.15, 0.2) is 35.5 Å². The third kappa shape index (κ3) is 2.60. The number of hydrogen-bond acceptors (Lipinski definition) is 6. The summed E-state index contributed by atoms with van der Waals surface area (Å²) < 4.78 is 38.3. The zero-order valence-electron chi connectivity index (χ0n) is 14.4. The van der Waals surface area contributed by atoms with E-state index in [2.05, 4.69) is 15.2 Å². The molecule has 0 aliphatic carbocycles. The number of pyridine rings is 1. The van der Waals surface area contributed by atoms with Crippen LogP contribution in [-0.4, -0.2) is 48.7 Å². The molecule has 26 heavy (non-hydrogen) atoms. The van der Waals surface area contributed by atoms with Gasteiger partial charge in [0.15, 0.2) is 5.65 Å². The van der Waals surface area contributed by atoms with E-state index in [1.807, 2.05) is 0 Å². The Kier molecular flexibility index (Phi) is 4.04. The van der Waals surface area contributed by atoms with Gasteiger partial charge in [-0.3, -0.25) is 5.10 Å². The van der Waals surface area contributed by atoms with Crippen LogP contribution in [0.2, 0.25) is 0 Å². The molecule has 0 amide bonds. The Bertz CT molecular complexity index is 1080. The molecule has 1 aliphatic heterocycles. The third-order valence-electron chi connectivity index (χ3n) is 4.63. The first-order valence-corrected chi connectivity index (χ1v) is 9.50. The third-order valence-corrected chi connectivity index (χ3v) is 6.49. The van der Waals surface area contributed by atoms with Gasteiger partial charge in [0.2, 0.25) is 10.0 Å². The highest BCUT2D eigenvalue weighted by Gasteiger charge is 2.32. The summed E-state index contributed by atoms with van der Waals surface area (Å²) in [4.78, 5) is 4.42. The standard InChI is InChI=1S/C17H18N4O4S/c1-24-12-3-4-15(25-2)16(7-12)26(22,23)21-6-5-13-11(10-21)8-18-17-14(13)9-19-20-17/h3-4,7-9H,5-6,10H2,1-2H3,(H,18,19,20). The molecule has 1 aromatic carbocycles. The summed E-state index contributed by atoms with van der Waals surface area (Å²) in [5, 5.41) is 7.80. The average molecular weight is 374 g/mol. The number of fused-ring (bicyclic) bond motifs is 3. The first-order chi connectivity index (χ1) is 12.5. The summed E-state index contributed by atoms with van der Waals surface area (Å²) in [7, 11) is -0.795. The van der Waals surface area contributed by atoms with Gasteiger partial charge in [-0.05, 0) is 29.7 Å². The molecule has 136 valence electrons. The average Bonchev–Trinajstić information content (AvgIpc) is 3.16. The number of H-pyrrole nitrogens is 1. The maximum atomic E-state index is 13.2. The molecule has 3 heterocycles. The van der Waals surface area contributed by atoms with E-state index in [-0.39, 0.29) is 11.4 Å². The predicted octanol–water partition coefficient (Wildman–Crippen LogP) is 1.72. The number of sulfonamides is 1. The first-order valence-electron chi connectivity index (χ1n) is 8.06. The molecule has 0 unspecified atom stereocenters. The highest BCUT2D eigenvalue weighted by Crippen LogP contribution is 2.33. The van der Waals surface area contributed by atoms with Gasteiger partial charge in [-0.2, -0.15) is 9.40 Å². The molecule has 0 spiro atoms. The molecule has 1 N–H and O–H groups in total. The van der Waals surface area contributed by atoms with Gasteiger partial charge in [0.1, 0.15) is 16.4 Å². The van der Waals surface area contributed by atoms with Crippen LogP contribution in [0.1, 0.15) is 11.1 Å². The Morgan fingerprint density at radius 1 is 1.19 bits per heavy atom. The Balaban J connectivity index is 1.74. The van der Waals surface area contributed by atoms with Crippen molar-refractivity contribution in [2.75, 3.05) is 20.8 Å². The van der Waals surface area contributed by atoms with Crippen molar-refractivity contribution in [3.63, 3.8) is 0 Å². The molecule has 0 fully saturated rings. The monoisotopic (exact) mass is 374 g/mol. The van der Waals surface area contributed by atoms with Crippen molar-refractivity contribution >= 4 is 21.1 Å². The normalized spacial score (nSPS) is 15.0. The predicted molar refractivity (Wildman–Crippen MR) is 94.7 cm³/mol. The fraction of sp³-hybridized carbons (Fsp3) is 0.294. The van der Waals surface area contributed by atoms with Gasteiger partial charge in [-0.25, -0.2) is 13.4 Å². The summed E-state index contributed by atoms with van der Waals surface area (Å²) in [6, 6.07) is 4.75. The molecule has 1 aliphatic rings. The minimum Gasteiger partial charge on any atom is -0.497 e. The SMILES string of the molecule is COc1ccc(OC)c(S(=O)(=O)N2CCc3c(cnc4[nH]ncc34)C2)c1. The van der Waals surface area contributed by atoms with Crippen molar-refractivity contribution in [3.05, 3.63) is 41.7 Å². The van der Waals surface area contributed by atoms with Crippen molar-refractivity contribution in [2.45, 2.75) is 17.9 Å².